The number of rotatable bonds is 5. The van der Waals surface area contributed by atoms with E-state index < -0.39 is 11.9 Å². The van der Waals surface area contributed by atoms with E-state index >= 15 is 0 Å². The van der Waals surface area contributed by atoms with E-state index in [1.807, 2.05) is 38.1 Å². The summed E-state index contributed by atoms with van der Waals surface area (Å²) in [5.41, 5.74) is 3.77. The molecule has 0 bridgehead atoms. The summed E-state index contributed by atoms with van der Waals surface area (Å²) in [6.45, 7) is 3.89. The van der Waals surface area contributed by atoms with Gasteiger partial charge in [-0.15, -0.1) is 11.3 Å². The number of benzene rings is 2. The summed E-state index contributed by atoms with van der Waals surface area (Å²) in [6, 6.07) is 13.6. The number of thiophene rings is 1. The van der Waals surface area contributed by atoms with Crippen LogP contribution in [-0.4, -0.2) is 19.0 Å². The fraction of sp³-hybridized carbons (Fsp3) is 0.130. The van der Waals surface area contributed by atoms with Crippen LogP contribution in [0.4, 0.5) is 9.39 Å². The molecule has 0 fully saturated rings. The number of hydrogen-bond donors (Lipinski definition) is 1. The van der Waals surface area contributed by atoms with Gasteiger partial charge in [0.1, 0.15) is 16.4 Å². The van der Waals surface area contributed by atoms with Crippen molar-refractivity contribution in [2.75, 3.05) is 12.4 Å². The Morgan fingerprint density at radius 3 is 2.31 bits per heavy atom. The molecule has 0 radical (unpaired) electrons. The van der Waals surface area contributed by atoms with Crippen LogP contribution in [0.15, 0.2) is 54.6 Å². The van der Waals surface area contributed by atoms with E-state index in [0.29, 0.717) is 16.1 Å². The predicted octanol–water partition coefficient (Wildman–Crippen LogP) is 5.61. The maximum atomic E-state index is 13.0. The highest BCUT2D eigenvalue weighted by molar-refractivity contribution is 7.17. The van der Waals surface area contributed by atoms with E-state index in [9.17, 15) is 14.0 Å². The number of anilines is 1. The summed E-state index contributed by atoms with van der Waals surface area (Å²) >= 11 is 1.32. The molecule has 0 saturated heterocycles. The number of aryl methyl sites for hydroxylation is 2. The average Bonchev–Trinajstić information content (AvgIpc) is 3.03. The van der Waals surface area contributed by atoms with Gasteiger partial charge in [0.05, 0.1) is 7.11 Å². The van der Waals surface area contributed by atoms with E-state index in [-0.39, 0.29) is 5.82 Å². The van der Waals surface area contributed by atoms with Crippen molar-refractivity contribution in [2.45, 2.75) is 13.8 Å². The zero-order valence-electron chi connectivity index (χ0n) is 16.3. The Labute approximate surface area is 172 Å². The molecule has 0 atom stereocenters. The minimum Gasteiger partial charge on any atom is -0.465 e. The number of amides is 1. The summed E-state index contributed by atoms with van der Waals surface area (Å²) in [4.78, 5) is 25.8. The Kier molecular flexibility index (Phi) is 6.24. The number of ether oxygens (including phenoxy) is 1. The molecule has 0 spiro atoms. The van der Waals surface area contributed by atoms with Crippen molar-refractivity contribution < 1.29 is 18.7 Å². The second-order valence-electron chi connectivity index (χ2n) is 6.47. The first-order chi connectivity index (χ1) is 13.9. The quantitative estimate of drug-likeness (QED) is 0.440. The van der Waals surface area contributed by atoms with Crippen molar-refractivity contribution in [3.63, 3.8) is 0 Å². The number of esters is 1. The highest BCUT2D eigenvalue weighted by atomic mass is 32.1. The van der Waals surface area contributed by atoms with Gasteiger partial charge >= 0.3 is 5.97 Å². The molecule has 1 N–H and O–H groups in total. The normalized spacial score (nSPS) is 10.9. The summed E-state index contributed by atoms with van der Waals surface area (Å²) in [6.07, 6.45) is 2.92. The fourth-order valence-electron chi connectivity index (χ4n) is 2.90. The molecule has 0 aliphatic heterocycles. The topological polar surface area (TPSA) is 55.4 Å². The molecule has 3 aromatic rings. The third kappa shape index (κ3) is 4.78. The Bertz CT molecular complexity index is 1070. The molecule has 3 rings (SSSR count). The van der Waals surface area contributed by atoms with Gasteiger partial charge in [0.25, 0.3) is 0 Å². The van der Waals surface area contributed by atoms with Gasteiger partial charge < -0.3 is 10.1 Å². The van der Waals surface area contributed by atoms with Crippen molar-refractivity contribution in [3.8, 4) is 11.1 Å². The van der Waals surface area contributed by atoms with Crippen molar-refractivity contribution in [1.82, 2.24) is 0 Å². The van der Waals surface area contributed by atoms with Gasteiger partial charge in [0, 0.05) is 16.5 Å². The van der Waals surface area contributed by atoms with Crippen molar-refractivity contribution >= 4 is 34.3 Å². The van der Waals surface area contributed by atoms with Crippen LogP contribution in [0.5, 0.6) is 0 Å². The second-order valence-corrected chi connectivity index (χ2v) is 7.69. The van der Waals surface area contributed by atoms with Gasteiger partial charge in [0.15, 0.2) is 0 Å². The standard InChI is InChI=1S/C23H20FNO3S/c1-14-4-9-17(10-5-14)20-15(2)29-22(21(20)23(27)28-3)25-19(26)13-8-16-6-11-18(24)12-7-16/h4-13H,1-3H3,(H,25,26)/b13-8+. The first kappa shape index (κ1) is 20.5. The third-order valence-corrected chi connectivity index (χ3v) is 5.37. The Hall–Kier alpha value is -3.25. The fourth-order valence-corrected chi connectivity index (χ4v) is 3.96. The van der Waals surface area contributed by atoms with Crippen LogP contribution < -0.4 is 5.32 Å². The van der Waals surface area contributed by atoms with Crippen molar-refractivity contribution in [3.05, 3.63) is 82.0 Å². The van der Waals surface area contributed by atoms with Gasteiger partial charge in [-0.1, -0.05) is 42.0 Å². The maximum Gasteiger partial charge on any atom is 0.341 e. The highest BCUT2D eigenvalue weighted by Gasteiger charge is 2.24. The van der Waals surface area contributed by atoms with Gasteiger partial charge in [-0.05, 0) is 43.2 Å². The molecule has 1 amide bonds. The van der Waals surface area contributed by atoms with E-state index in [4.69, 9.17) is 4.74 Å². The first-order valence-corrected chi connectivity index (χ1v) is 9.74. The van der Waals surface area contributed by atoms with Crippen LogP contribution in [0.1, 0.15) is 26.4 Å². The molecule has 0 aliphatic carbocycles. The number of carbonyl (C=O) groups excluding carboxylic acids is 2. The molecule has 6 heteroatoms. The second kappa shape index (κ2) is 8.84. The highest BCUT2D eigenvalue weighted by Crippen LogP contribution is 2.40. The van der Waals surface area contributed by atoms with Crippen molar-refractivity contribution in [2.24, 2.45) is 0 Å². The molecular formula is C23H20FNO3S. The maximum absolute atomic E-state index is 13.0. The van der Waals surface area contributed by atoms with Crippen molar-refractivity contribution in [1.29, 1.82) is 0 Å². The zero-order chi connectivity index (χ0) is 21.0. The minimum absolute atomic E-state index is 0.336. The first-order valence-electron chi connectivity index (χ1n) is 8.92. The van der Waals surface area contributed by atoms with Crippen LogP contribution in [0.25, 0.3) is 17.2 Å². The minimum atomic E-state index is -0.511. The molecule has 0 aliphatic rings. The SMILES string of the molecule is COC(=O)c1c(NC(=O)/C=C/c2ccc(F)cc2)sc(C)c1-c1ccc(C)cc1. The lowest BCUT2D eigenvalue weighted by atomic mass is 10.0. The Morgan fingerprint density at radius 2 is 1.69 bits per heavy atom. The number of nitrogens with one attached hydrogen (secondary N) is 1. The molecule has 1 heterocycles. The predicted molar refractivity (Wildman–Crippen MR) is 115 cm³/mol. The van der Waals surface area contributed by atoms with E-state index in [0.717, 1.165) is 21.6 Å². The van der Waals surface area contributed by atoms with Crippen LogP contribution in [-0.2, 0) is 9.53 Å². The van der Waals surface area contributed by atoms with E-state index in [1.165, 1.54) is 36.7 Å². The molecule has 0 unspecified atom stereocenters. The van der Waals surface area contributed by atoms with E-state index in [2.05, 4.69) is 5.32 Å². The lowest BCUT2D eigenvalue weighted by molar-refractivity contribution is -0.111. The van der Waals surface area contributed by atoms with Crippen LogP contribution in [0.2, 0.25) is 0 Å². The molecule has 29 heavy (non-hydrogen) atoms. The van der Waals surface area contributed by atoms with Crippen LogP contribution >= 0.6 is 11.3 Å². The summed E-state index contributed by atoms with van der Waals surface area (Å²) in [5, 5.41) is 3.20. The summed E-state index contributed by atoms with van der Waals surface area (Å²) in [5.74, 6) is -1.24. The Balaban J connectivity index is 1.91. The summed E-state index contributed by atoms with van der Waals surface area (Å²) in [7, 11) is 1.31. The molecule has 4 nitrogen and oxygen atoms in total. The lowest BCUT2D eigenvalue weighted by Crippen LogP contribution is -2.11. The number of carbonyl (C=O) groups is 2. The molecular weight excluding hydrogens is 389 g/mol. The Morgan fingerprint density at radius 1 is 1.03 bits per heavy atom. The van der Waals surface area contributed by atoms with Gasteiger partial charge in [-0.25, -0.2) is 9.18 Å². The largest absolute Gasteiger partial charge is 0.465 e. The number of halogens is 1. The summed E-state index contributed by atoms with van der Waals surface area (Å²) < 4.78 is 17.9. The average molecular weight is 409 g/mol. The smallest absolute Gasteiger partial charge is 0.341 e. The molecule has 148 valence electrons. The molecule has 2 aromatic carbocycles. The number of methoxy groups -OCH3 is 1. The number of hydrogen-bond acceptors (Lipinski definition) is 4. The van der Waals surface area contributed by atoms with Crippen LogP contribution in [0, 0.1) is 19.7 Å². The van der Waals surface area contributed by atoms with Gasteiger partial charge in [-0.2, -0.15) is 0 Å². The van der Waals surface area contributed by atoms with E-state index in [1.54, 1.807) is 18.2 Å². The van der Waals surface area contributed by atoms with Gasteiger partial charge in [-0.3, -0.25) is 4.79 Å². The zero-order valence-corrected chi connectivity index (χ0v) is 17.1. The molecule has 0 saturated carbocycles. The monoisotopic (exact) mass is 409 g/mol. The third-order valence-electron chi connectivity index (χ3n) is 4.35. The lowest BCUT2D eigenvalue weighted by Gasteiger charge is -2.07. The molecule has 1 aromatic heterocycles. The van der Waals surface area contributed by atoms with Gasteiger partial charge in [0.2, 0.25) is 5.91 Å². The van der Waals surface area contributed by atoms with Crippen LogP contribution in [0.3, 0.4) is 0 Å².